The van der Waals surface area contributed by atoms with E-state index in [0.29, 0.717) is 24.6 Å². The summed E-state index contributed by atoms with van der Waals surface area (Å²) in [4.78, 5) is 35.6. The highest BCUT2D eigenvalue weighted by Crippen LogP contribution is 2.50. The molecule has 0 unspecified atom stereocenters. The molecule has 32 heavy (non-hydrogen) atoms. The van der Waals surface area contributed by atoms with Crippen molar-refractivity contribution in [2.24, 2.45) is 11.3 Å². The van der Waals surface area contributed by atoms with Gasteiger partial charge < -0.3 is 14.4 Å². The van der Waals surface area contributed by atoms with Crippen molar-refractivity contribution in [3.8, 4) is 0 Å². The Labute approximate surface area is 188 Å². The first-order valence-electron chi connectivity index (χ1n) is 11.7. The lowest BCUT2D eigenvalue weighted by molar-refractivity contribution is -0.146. The molecule has 3 heterocycles. The third-order valence-corrected chi connectivity index (χ3v) is 7.42. The number of carbonyl (C=O) groups excluding carboxylic acids is 2. The monoisotopic (exact) mass is 438 g/mol. The van der Waals surface area contributed by atoms with E-state index in [1.807, 2.05) is 17.4 Å². The molecule has 3 fully saturated rings. The van der Waals surface area contributed by atoms with Gasteiger partial charge in [0.1, 0.15) is 5.82 Å². The molecule has 2 atom stereocenters. The summed E-state index contributed by atoms with van der Waals surface area (Å²) in [5.74, 6) is -0.0222. The molecular formula is C25H31FN4O2. The van der Waals surface area contributed by atoms with Gasteiger partial charge in [-0.2, -0.15) is 0 Å². The van der Waals surface area contributed by atoms with E-state index in [1.54, 1.807) is 17.0 Å². The van der Waals surface area contributed by atoms with Gasteiger partial charge in [-0.05, 0) is 63.6 Å². The van der Waals surface area contributed by atoms with Gasteiger partial charge in [-0.25, -0.2) is 9.37 Å². The Bertz CT molecular complexity index is 1030. The van der Waals surface area contributed by atoms with E-state index in [1.165, 1.54) is 25.0 Å². The molecular weight excluding hydrogens is 407 g/mol. The average molecular weight is 439 g/mol. The summed E-state index contributed by atoms with van der Waals surface area (Å²) in [6, 6.07) is 6.08. The quantitative estimate of drug-likeness (QED) is 0.712. The van der Waals surface area contributed by atoms with Crippen molar-refractivity contribution in [1.29, 1.82) is 0 Å². The second kappa shape index (κ2) is 8.01. The molecule has 1 aromatic heterocycles. The zero-order chi connectivity index (χ0) is 22.5. The smallest absolute Gasteiger partial charge is 0.254 e. The Morgan fingerprint density at radius 3 is 2.81 bits per heavy atom. The molecule has 1 aliphatic carbocycles. The summed E-state index contributed by atoms with van der Waals surface area (Å²) >= 11 is 0. The normalized spacial score (nSPS) is 25.9. The number of imidazole rings is 1. The molecule has 0 radical (unpaired) electrons. The van der Waals surface area contributed by atoms with Gasteiger partial charge in [0.15, 0.2) is 0 Å². The third-order valence-electron chi connectivity index (χ3n) is 7.42. The van der Waals surface area contributed by atoms with Crippen LogP contribution in [0.4, 0.5) is 4.39 Å². The van der Waals surface area contributed by atoms with Crippen molar-refractivity contribution in [2.45, 2.75) is 51.5 Å². The number of carbonyl (C=O) groups is 2. The van der Waals surface area contributed by atoms with E-state index >= 15 is 0 Å². The zero-order valence-corrected chi connectivity index (χ0v) is 18.8. The van der Waals surface area contributed by atoms with E-state index in [9.17, 15) is 14.0 Å². The van der Waals surface area contributed by atoms with Crippen LogP contribution in [-0.2, 0) is 4.79 Å². The Kier molecular flexibility index (Phi) is 5.30. The van der Waals surface area contributed by atoms with Crippen molar-refractivity contribution in [3.63, 3.8) is 0 Å². The molecule has 0 N–H and O–H groups in total. The predicted octanol–water partition coefficient (Wildman–Crippen LogP) is 3.86. The first-order chi connectivity index (χ1) is 15.4. The summed E-state index contributed by atoms with van der Waals surface area (Å²) in [7, 11) is 0. The first-order valence-corrected chi connectivity index (χ1v) is 11.7. The second-order valence-electron chi connectivity index (χ2n) is 10.0. The number of halogens is 1. The maximum atomic E-state index is 13.9. The number of amides is 2. The lowest BCUT2D eigenvalue weighted by atomic mass is 9.70. The number of hydrogen-bond acceptors (Lipinski definition) is 3. The van der Waals surface area contributed by atoms with Crippen LogP contribution in [0.15, 0.2) is 36.8 Å². The lowest BCUT2D eigenvalue weighted by Crippen LogP contribution is -2.52. The number of benzene rings is 1. The lowest BCUT2D eigenvalue weighted by Gasteiger charge is -2.42. The zero-order valence-electron chi connectivity index (χ0n) is 18.8. The maximum Gasteiger partial charge on any atom is 0.254 e. The summed E-state index contributed by atoms with van der Waals surface area (Å²) in [5.41, 5.74) is 0.535. The average Bonchev–Trinajstić information content (AvgIpc) is 3.31. The number of likely N-dealkylation sites (tertiary alicyclic amines) is 2. The molecule has 1 spiro atoms. The molecule has 0 bridgehead atoms. The SMILES string of the molecule is CC(C)n1cnc([C@H]2CN(C(=O)c3cccc(F)c3)C[C@@]23CCCN(CC2CC2)C3=O)c1. The van der Waals surface area contributed by atoms with Crippen LogP contribution in [0.2, 0.25) is 0 Å². The fourth-order valence-electron chi connectivity index (χ4n) is 5.43. The number of rotatable bonds is 5. The largest absolute Gasteiger partial charge is 0.342 e. The van der Waals surface area contributed by atoms with E-state index in [0.717, 1.165) is 31.6 Å². The number of aromatic nitrogens is 2. The Balaban J connectivity index is 1.49. The highest BCUT2D eigenvalue weighted by Gasteiger charge is 2.57. The van der Waals surface area contributed by atoms with Crippen LogP contribution >= 0.6 is 0 Å². The number of nitrogens with zero attached hydrogens (tertiary/aromatic N) is 4. The van der Waals surface area contributed by atoms with Crippen LogP contribution < -0.4 is 0 Å². The Hall–Kier alpha value is -2.70. The topological polar surface area (TPSA) is 58.4 Å². The van der Waals surface area contributed by atoms with E-state index in [2.05, 4.69) is 23.4 Å². The van der Waals surface area contributed by atoms with Gasteiger partial charge >= 0.3 is 0 Å². The minimum Gasteiger partial charge on any atom is -0.342 e. The van der Waals surface area contributed by atoms with Gasteiger partial charge in [0, 0.05) is 49.9 Å². The maximum absolute atomic E-state index is 13.9. The fourth-order valence-corrected chi connectivity index (χ4v) is 5.43. The van der Waals surface area contributed by atoms with Gasteiger partial charge in [-0.1, -0.05) is 6.07 Å². The van der Waals surface area contributed by atoms with Gasteiger partial charge in [-0.3, -0.25) is 9.59 Å². The van der Waals surface area contributed by atoms with Gasteiger partial charge in [0.2, 0.25) is 5.91 Å². The van der Waals surface area contributed by atoms with Crippen molar-refractivity contribution in [3.05, 3.63) is 53.9 Å². The molecule has 3 aliphatic rings. The van der Waals surface area contributed by atoms with Crippen molar-refractivity contribution < 1.29 is 14.0 Å². The molecule has 2 amide bonds. The highest BCUT2D eigenvalue weighted by molar-refractivity contribution is 5.96. The van der Waals surface area contributed by atoms with Crippen LogP contribution in [-0.4, -0.2) is 57.3 Å². The third kappa shape index (κ3) is 3.71. The van der Waals surface area contributed by atoms with E-state index in [4.69, 9.17) is 0 Å². The fraction of sp³-hybridized carbons (Fsp3) is 0.560. The second-order valence-corrected chi connectivity index (χ2v) is 10.0. The molecule has 6 nitrogen and oxygen atoms in total. The van der Waals surface area contributed by atoms with Crippen molar-refractivity contribution in [1.82, 2.24) is 19.4 Å². The minimum absolute atomic E-state index is 0.158. The molecule has 2 aromatic rings. The van der Waals surface area contributed by atoms with Crippen LogP contribution in [0.5, 0.6) is 0 Å². The first kappa shape index (κ1) is 21.2. The van der Waals surface area contributed by atoms with E-state index in [-0.39, 0.29) is 23.8 Å². The molecule has 2 saturated heterocycles. The van der Waals surface area contributed by atoms with Crippen LogP contribution in [0.25, 0.3) is 0 Å². The predicted molar refractivity (Wildman–Crippen MR) is 119 cm³/mol. The molecule has 170 valence electrons. The standard InChI is InChI=1S/C25H31FN4O2/c1-17(2)30-14-22(27-16-30)21-13-29(23(31)19-5-3-6-20(26)11-19)15-25(21)9-4-10-28(24(25)32)12-18-7-8-18/h3,5-6,11,14,16-18,21H,4,7-10,12-13,15H2,1-2H3/t21-,25+/m1/s1. The van der Waals surface area contributed by atoms with Crippen molar-refractivity contribution >= 4 is 11.8 Å². The Morgan fingerprint density at radius 1 is 1.31 bits per heavy atom. The molecule has 1 saturated carbocycles. The summed E-state index contributed by atoms with van der Waals surface area (Å²) < 4.78 is 15.8. The summed E-state index contributed by atoms with van der Waals surface area (Å²) in [6.45, 7) is 6.60. The Morgan fingerprint density at radius 2 is 2.12 bits per heavy atom. The number of hydrogen-bond donors (Lipinski definition) is 0. The highest BCUT2D eigenvalue weighted by atomic mass is 19.1. The van der Waals surface area contributed by atoms with Crippen molar-refractivity contribution in [2.75, 3.05) is 26.2 Å². The van der Waals surface area contributed by atoms with E-state index < -0.39 is 11.2 Å². The number of piperidine rings is 1. The molecule has 5 rings (SSSR count). The van der Waals surface area contributed by atoms with Gasteiger partial charge in [0.05, 0.1) is 17.4 Å². The van der Waals surface area contributed by atoms with Crippen LogP contribution in [0.3, 0.4) is 0 Å². The summed E-state index contributed by atoms with van der Waals surface area (Å²) in [5, 5.41) is 0. The summed E-state index contributed by atoms with van der Waals surface area (Å²) in [6.07, 6.45) is 7.92. The van der Waals surface area contributed by atoms with Gasteiger partial charge in [-0.15, -0.1) is 0 Å². The van der Waals surface area contributed by atoms with Gasteiger partial charge in [0.25, 0.3) is 5.91 Å². The molecule has 7 heteroatoms. The van der Waals surface area contributed by atoms with Crippen LogP contribution in [0, 0.1) is 17.2 Å². The van der Waals surface area contributed by atoms with Crippen LogP contribution in [0.1, 0.15) is 67.5 Å². The molecule has 2 aliphatic heterocycles. The molecule has 1 aromatic carbocycles. The minimum atomic E-state index is -0.660.